The van der Waals surface area contributed by atoms with Gasteiger partial charge in [-0.3, -0.25) is 4.79 Å². The van der Waals surface area contributed by atoms with E-state index >= 15 is 0 Å². The number of ether oxygens (including phenoxy) is 1. The Morgan fingerprint density at radius 2 is 2.20 bits per heavy atom. The van der Waals surface area contributed by atoms with Gasteiger partial charge in [-0.05, 0) is 19.1 Å². The van der Waals surface area contributed by atoms with Crippen LogP contribution in [-0.2, 0) is 37.5 Å². The van der Waals surface area contributed by atoms with E-state index in [0.29, 0.717) is 13.0 Å². The minimum Gasteiger partial charge on any atom is -0.497 e. The number of hydrogen-bond acceptors (Lipinski definition) is 2. The monoisotopic (exact) mass is 475 g/mol. The molecule has 1 aromatic rings. The summed E-state index contributed by atoms with van der Waals surface area (Å²) in [5, 5.41) is 0. The van der Waals surface area contributed by atoms with Gasteiger partial charge in [-0.1, -0.05) is 42.8 Å². The van der Waals surface area contributed by atoms with E-state index in [1.807, 2.05) is 25.1 Å². The second kappa shape index (κ2) is 8.07. The fraction of sp³-hybridized carbons (Fsp3) is 0.357. The van der Waals surface area contributed by atoms with E-state index in [4.69, 9.17) is 4.74 Å². The van der Waals surface area contributed by atoms with Crippen molar-refractivity contribution in [3.05, 3.63) is 34.3 Å². The number of carbonyl (C=O) groups is 1. The van der Waals surface area contributed by atoms with Crippen LogP contribution >= 0.6 is 31.9 Å². The average molecular weight is 477 g/mol. The van der Waals surface area contributed by atoms with E-state index in [2.05, 4.69) is 37.9 Å². The molecule has 1 radical (unpaired) electrons. The van der Waals surface area contributed by atoms with Gasteiger partial charge in [0.15, 0.2) is 0 Å². The van der Waals surface area contributed by atoms with Crippen LogP contribution in [0.3, 0.4) is 0 Å². The van der Waals surface area contributed by atoms with Crippen molar-refractivity contribution in [1.29, 1.82) is 0 Å². The molecule has 105 valence electrons. The zero-order chi connectivity index (χ0) is 14.0. The van der Waals surface area contributed by atoms with Gasteiger partial charge < -0.3 is 9.64 Å². The number of amides is 1. The molecule has 3 nitrogen and oxygen atoms in total. The zero-order valence-corrected chi connectivity index (χ0v) is 17.3. The van der Waals surface area contributed by atoms with Gasteiger partial charge in [0, 0.05) is 39.3 Å². The molecule has 2 rings (SSSR count). The molecule has 0 saturated heterocycles. The van der Waals surface area contributed by atoms with Crippen molar-refractivity contribution in [2.75, 3.05) is 13.7 Å². The SMILES string of the molecule is CCN1C(=O)C(Br)C[C-]=C1c1ccc(OC)cc1Br.[Y]. The molecular formula is C14H14Br2NO2Y-. The number of hydrogen-bond donors (Lipinski definition) is 0. The molecule has 0 saturated carbocycles. The van der Waals surface area contributed by atoms with Gasteiger partial charge in [0.1, 0.15) is 5.75 Å². The van der Waals surface area contributed by atoms with Crippen molar-refractivity contribution in [1.82, 2.24) is 4.90 Å². The summed E-state index contributed by atoms with van der Waals surface area (Å²) >= 11 is 6.90. The van der Waals surface area contributed by atoms with Gasteiger partial charge in [0.25, 0.3) is 0 Å². The summed E-state index contributed by atoms with van der Waals surface area (Å²) in [7, 11) is 1.63. The maximum Gasteiger partial charge on any atom is 0.236 e. The summed E-state index contributed by atoms with van der Waals surface area (Å²) < 4.78 is 6.08. The van der Waals surface area contributed by atoms with Crippen molar-refractivity contribution < 1.29 is 42.2 Å². The van der Waals surface area contributed by atoms with E-state index in [1.165, 1.54) is 0 Å². The van der Waals surface area contributed by atoms with Crippen LogP contribution in [0.5, 0.6) is 5.75 Å². The Labute approximate surface area is 161 Å². The molecule has 1 unspecified atom stereocenters. The molecule has 1 aliphatic heterocycles. The van der Waals surface area contributed by atoms with Gasteiger partial charge in [-0.25, -0.2) is 6.08 Å². The first-order valence-electron chi connectivity index (χ1n) is 5.98. The third-order valence-electron chi connectivity index (χ3n) is 3.00. The number of methoxy groups -OCH3 is 1. The fourth-order valence-corrected chi connectivity index (χ4v) is 2.97. The number of nitrogens with zero attached hydrogens (tertiary/aromatic N) is 1. The first-order valence-corrected chi connectivity index (χ1v) is 7.69. The molecule has 1 aromatic carbocycles. The topological polar surface area (TPSA) is 29.5 Å². The molecule has 0 aromatic heterocycles. The summed E-state index contributed by atoms with van der Waals surface area (Å²) in [5.74, 6) is 0.860. The van der Waals surface area contributed by atoms with Crippen LogP contribution in [0.25, 0.3) is 5.70 Å². The number of carbonyl (C=O) groups excluding carboxylic acids is 1. The molecule has 0 bridgehead atoms. The third-order valence-corrected chi connectivity index (χ3v) is 4.37. The van der Waals surface area contributed by atoms with Crippen molar-refractivity contribution in [3.63, 3.8) is 0 Å². The number of rotatable bonds is 3. The fourth-order valence-electron chi connectivity index (χ4n) is 2.02. The van der Waals surface area contributed by atoms with Crippen LogP contribution in [0.1, 0.15) is 18.9 Å². The summed E-state index contributed by atoms with van der Waals surface area (Å²) in [6.07, 6.45) is 3.89. The summed E-state index contributed by atoms with van der Waals surface area (Å²) in [4.78, 5) is 13.7. The van der Waals surface area contributed by atoms with Gasteiger partial charge in [0.05, 0.1) is 11.9 Å². The van der Waals surface area contributed by atoms with Crippen molar-refractivity contribution in [2.45, 2.75) is 18.2 Å². The Morgan fingerprint density at radius 1 is 1.50 bits per heavy atom. The third kappa shape index (κ3) is 3.73. The van der Waals surface area contributed by atoms with Crippen molar-refractivity contribution >= 4 is 43.5 Å². The average Bonchev–Trinajstić information content (AvgIpc) is 2.42. The van der Waals surface area contributed by atoms with Crippen molar-refractivity contribution in [3.8, 4) is 5.75 Å². The van der Waals surface area contributed by atoms with Crippen molar-refractivity contribution in [2.24, 2.45) is 0 Å². The molecule has 0 spiro atoms. The van der Waals surface area contributed by atoms with Gasteiger partial charge in [-0.15, -0.1) is 17.3 Å². The van der Waals surface area contributed by atoms with Crippen LogP contribution in [0.15, 0.2) is 22.7 Å². The Bertz CT molecular complexity index is 534. The molecule has 0 aliphatic carbocycles. The number of alkyl halides is 1. The Hall–Kier alpha value is 0.294. The number of halogens is 2. The van der Waals surface area contributed by atoms with Crippen LogP contribution in [0.4, 0.5) is 0 Å². The standard InChI is InChI=1S/C14H14Br2NO2.Y/c1-3-17-13(7-6-11(15)14(17)18)10-5-4-9(19-2)8-12(10)16;/h4-5,8,11H,3,6H2,1-2H3;/q-1;. The summed E-state index contributed by atoms with van der Waals surface area (Å²) in [6, 6.07) is 5.71. The quantitative estimate of drug-likeness (QED) is 0.492. The first kappa shape index (κ1) is 18.3. The van der Waals surface area contributed by atoms with Crippen LogP contribution in [-0.4, -0.2) is 29.3 Å². The minimum atomic E-state index is -0.173. The predicted molar refractivity (Wildman–Crippen MR) is 82.1 cm³/mol. The first-order chi connectivity index (χ1) is 9.08. The number of benzene rings is 1. The Kier molecular flexibility index (Phi) is 7.40. The molecule has 1 aliphatic rings. The Balaban J connectivity index is 0.00000200. The minimum absolute atomic E-state index is 0. The second-order valence-corrected chi connectivity index (χ2v) is 6.08. The molecule has 0 fully saturated rings. The molecule has 0 N–H and O–H groups in total. The van der Waals surface area contributed by atoms with Crippen LogP contribution < -0.4 is 4.74 Å². The summed E-state index contributed by atoms with van der Waals surface area (Å²) in [6.45, 7) is 2.59. The maximum atomic E-state index is 12.2. The van der Waals surface area contributed by atoms with Gasteiger partial charge >= 0.3 is 0 Å². The maximum absolute atomic E-state index is 12.2. The Morgan fingerprint density at radius 3 is 2.75 bits per heavy atom. The predicted octanol–water partition coefficient (Wildman–Crippen LogP) is 3.61. The second-order valence-electron chi connectivity index (χ2n) is 4.13. The van der Waals surface area contributed by atoms with E-state index in [9.17, 15) is 4.79 Å². The van der Waals surface area contributed by atoms with Gasteiger partial charge in [-0.2, -0.15) is 0 Å². The van der Waals surface area contributed by atoms with E-state index in [0.717, 1.165) is 21.5 Å². The normalized spacial score (nSPS) is 18.4. The van der Waals surface area contributed by atoms with Gasteiger partial charge in [0.2, 0.25) is 5.91 Å². The molecule has 20 heavy (non-hydrogen) atoms. The zero-order valence-electron chi connectivity index (χ0n) is 11.3. The van der Waals surface area contributed by atoms with E-state index in [-0.39, 0.29) is 43.4 Å². The smallest absolute Gasteiger partial charge is 0.236 e. The molecule has 6 heteroatoms. The van der Waals surface area contributed by atoms with E-state index < -0.39 is 0 Å². The van der Waals surface area contributed by atoms with E-state index in [1.54, 1.807) is 12.0 Å². The molecule has 1 amide bonds. The van der Waals surface area contributed by atoms with Crippen LogP contribution in [0.2, 0.25) is 0 Å². The molecule has 1 heterocycles. The molecular weight excluding hydrogens is 463 g/mol. The van der Waals surface area contributed by atoms with Crippen LogP contribution in [0, 0.1) is 6.08 Å². The molecule has 1 atom stereocenters. The largest absolute Gasteiger partial charge is 0.497 e. The number of allylic oxidation sites excluding steroid dienone is 1. The summed E-state index contributed by atoms with van der Waals surface area (Å²) in [5.41, 5.74) is 1.79.